The Bertz CT molecular complexity index is 507. The van der Waals surface area contributed by atoms with E-state index in [0.717, 1.165) is 19.3 Å². The molecule has 1 amide bonds. The van der Waals surface area contributed by atoms with Gasteiger partial charge >= 0.3 is 5.97 Å². The summed E-state index contributed by atoms with van der Waals surface area (Å²) in [5.41, 5.74) is 0.507. The maximum atomic E-state index is 12.5. The normalized spacial score (nSPS) is 18.9. The highest BCUT2D eigenvalue weighted by Gasteiger charge is 2.27. The van der Waals surface area contributed by atoms with Crippen LogP contribution < -0.4 is 0 Å². The van der Waals surface area contributed by atoms with Gasteiger partial charge in [-0.2, -0.15) is 0 Å². The van der Waals surface area contributed by atoms with E-state index in [1.807, 2.05) is 0 Å². The van der Waals surface area contributed by atoms with Gasteiger partial charge in [-0.05, 0) is 37.8 Å². The molecule has 6 heteroatoms. The predicted octanol–water partition coefficient (Wildman–Crippen LogP) is 2.59. The number of aliphatic carboxylic acids is 1. The first-order valence-electron chi connectivity index (χ1n) is 6.72. The zero-order valence-electron chi connectivity index (χ0n) is 11.1. The van der Waals surface area contributed by atoms with Crippen molar-refractivity contribution in [3.8, 4) is 0 Å². The van der Waals surface area contributed by atoms with Crippen LogP contribution in [0.5, 0.6) is 0 Å². The van der Waals surface area contributed by atoms with Crippen molar-refractivity contribution >= 4 is 23.5 Å². The number of carbonyl (C=O) groups is 2. The van der Waals surface area contributed by atoms with Crippen molar-refractivity contribution in [2.75, 3.05) is 6.54 Å². The zero-order chi connectivity index (χ0) is 14.5. The summed E-state index contributed by atoms with van der Waals surface area (Å²) in [6.07, 6.45) is 4.94. The number of piperidine rings is 1. The Labute approximate surface area is 122 Å². The first-order chi connectivity index (χ1) is 9.58. The maximum Gasteiger partial charge on any atom is 0.303 e. The second kappa shape index (κ2) is 6.70. The van der Waals surface area contributed by atoms with E-state index in [0.29, 0.717) is 18.5 Å². The SMILES string of the molecule is O=C(O)CCC1CCCCN1C(=O)c1ccnc(Cl)c1. The molecule has 1 aliphatic heterocycles. The van der Waals surface area contributed by atoms with E-state index in [2.05, 4.69) is 4.98 Å². The molecule has 2 rings (SSSR count). The summed E-state index contributed by atoms with van der Waals surface area (Å²) in [5.74, 6) is -0.917. The molecule has 108 valence electrons. The van der Waals surface area contributed by atoms with Crippen LogP contribution in [0.25, 0.3) is 0 Å². The number of hydrogen-bond acceptors (Lipinski definition) is 3. The fourth-order valence-corrected chi connectivity index (χ4v) is 2.73. The molecule has 0 aliphatic carbocycles. The summed E-state index contributed by atoms with van der Waals surface area (Å²) in [7, 11) is 0. The fourth-order valence-electron chi connectivity index (χ4n) is 2.56. The van der Waals surface area contributed by atoms with Crippen LogP contribution in [0.1, 0.15) is 42.5 Å². The van der Waals surface area contributed by atoms with E-state index in [1.54, 1.807) is 17.0 Å². The third-order valence-electron chi connectivity index (χ3n) is 3.55. The summed E-state index contributed by atoms with van der Waals surface area (Å²) in [4.78, 5) is 28.8. The number of halogens is 1. The quantitative estimate of drug-likeness (QED) is 0.867. The number of carboxylic acids is 1. The van der Waals surface area contributed by atoms with Gasteiger partial charge in [0.05, 0.1) is 0 Å². The van der Waals surface area contributed by atoms with E-state index in [1.165, 1.54) is 6.20 Å². The van der Waals surface area contributed by atoms with Crippen LogP contribution >= 0.6 is 11.6 Å². The lowest BCUT2D eigenvalue weighted by Crippen LogP contribution is -2.44. The molecular formula is C14H17ClN2O3. The van der Waals surface area contributed by atoms with Gasteiger partial charge in [0, 0.05) is 30.8 Å². The molecule has 1 unspecified atom stereocenters. The molecule has 0 saturated carbocycles. The Balaban J connectivity index is 2.10. The number of pyridine rings is 1. The summed E-state index contributed by atoms with van der Waals surface area (Å²) < 4.78 is 0. The van der Waals surface area contributed by atoms with Gasteiger partial charge in [0.1, 0.15) is 5.15 Å². The highest BCUT2D eigenvalue weighted by atomic mass is 35.5. The topological polar surface area (TPSA) is 70.5 Å². The number of rotatable bonds is 4. The monoisotopic (exact) mass is 296 g/mol. The molecular weight excluding hydrogens is 280 g/mol. The molecule has 0 radical (unpaired) electrons. The van der Waals surface area contributed by atoms with Crippen molar-refractivity contribution in [1.82, 2.24) is 9.88 Å². The van der Waals surface area contributed by atoms with Crippen LogP contribution in [-0.4, -0.2) is 39.5 Å². The minimum Gasteiger partial charge on any atom is -0.481 e. The van der Waals surface area contributed by atoms with Gasteiger partial charge in [-0.3, -0.25) is 9.59 Å². The van der Waals surface area contributed by atoms with Crippen molar-refractivity contribution in [3.63, 3.8) is 0 Å². The number of amides is 1. The Hall–Kier alpha value is -1.62. The molecule has 1 N–H and O–H groups in total. The Morgan fingerprint density at radius 2 is 2.25 bits per heavy atom. The molecule has 1 aliphatic rings. The van der Waals surface area contributed by atoms with Crippen LogP contribution in [-0.2, 0) is 4.79 Å². The van der Waals surface area contributed by atoms with Crippen LogP contribution in [0, 0.1) is 0 Å². The molecule has 0 bridgehead atoms. The fraction of sp³-hybridized carbons (Fsp3) is 0.500. The van der Waals surface area contributed by atoms with Crippen LogP contribution in [0.4, 0.5) is 0 Å². The predicted molar refractivity (Wildman–Crippen MR) is 74.8 cm³/mol. The summed E-state index contributed by atoms with van der Waals surface area (Å²) in [6.45, 7) is 0.670. The molecule has 0 spiro atoms. The second-order valence-corrected chi connectivity index (χ2v) is 5.34. The van der Waals surface area contributed by atoms with E-state index in [9.17, 15) is 9.59 Å². The summed E-state index contributed by atoms with van der Waals surface area (Å²) in [6, 6.07) is 3.18. The van der Waals surface area contributed by atoms with Crippen LogP contribution in [0.15, 0.2) is 18.3 Å². The van der Waals surface area contributed by atoms with Gasteiger partial charge in [-0.1, -0.05) is 11.6 Å². The van der Waals surface area contributed by atoms with E-state index in [-0.39, 0.29) is 23.5 Å². The first kappa shape index (κ1) is 14.8. The molecule has 20 heavy (non-hydrogen) atoms. The standard InChI is InChI=1S/C14H17ClN2O3/c15-12-9-10(6-7-16-12)14(20)17-8-2-1-3-11(17)4-5-13(18)19/h6-7,9,11H,1-5,8H2,(H,18,19). The highest BCUT2D eigenvalue weighted by molar-refractivity contribution is 6.29. The third-order valence-corrected chi connectivity index (χ3v) is 3.76. The van der Waals surface area contributed by atoms with E-state index >= 15 is 0 Å². The molecule has 2 heterocycles. The Kier molecular flexibility index (Phi) is 4.95. The zero-order valence-corrected chi connectivity index (χ0v) is 11.8. The molecule has 1 aromatic heterocycles. The maximum absolute atomic E-state index is 12.5. The van der Waals surface area contributed by atoms with Gasteiger partial charge in [0.25, 0.3) is 5.91 Å². The van der Waals surface area contributed by atoms with Gasteiger partial charge in [0.15, 0.2) is 0 Å². The van der Waals surface area contributed by atoms with Crippen LogP contribution in [0.3, 0.4) is 0 Å². The average Bonchev–Trinajstić information content (AvgIpc) is 2.44. The van der Waals surface area contributed by atoms with Crippen molar-refractivity contribution < 1.29 is 14.7 Å². The van der Waals surface area contributed by atoms with Gasteiger partial charge in [-0.25, -0.2) is 4.98 Å². The summed E-state index contributed by atoms with van der Waals surface area (Å²) >= 11 is 5.81. The lowest BCUT2D eigenvalue weighted by molar-refractivity contribution is -0.137. The average molecular weight is 297 g/mol. The van der Waals surface area contributed by atoms with Gasteiger partial charge < -0.3 is 10.0 Å². The van der Waals surface area contributed by atoms with Gasteiger partial charge in [0.2, 0.25) is 0 Å². The van der Waals surface area contributed by atoms with Crippen molar-refractivity contribution in [2.45, 2.75) is 38.1 Å². The van der Waals surface area contributed by atoms with Gasteiger partial charge in [-0.15, -0.1) is 0 Å². The lowest BCUT2D eigenvalue weighted by Gasteiger charge is -2.35. The minimum atomic E-state index is -0.824. The number of carboxylic acid groups (broad SMARTS) is 1. The Morgan fingerprint density at radius 1 is 1.45 bits per heavy atom. The van der Waals surface area contributed by atoms with Crippen molar-refractivity contribution in [1.29, 1.82) is 0 Å². The minimum absolute atomic E-state index is 0.000657. The molecule has 1 fully saturated rings. The second-order valence-electron chi connectivity index (χ2n) is 4.95. The molecule has 1 saturated heterocycles. The number of aromatic nitrogens is 1. The highest BCUT2D eigenvalue weighted by Crippen LogP contribution is 2.23. The smallest absolute Gasteiger partial charge is 0.303 e. The Morgan fingerprint density at radius 3 is 2.95 bits per heavy atom. The molecule has 1 atom stereocenters. The third kappa shape index (κ3) is 3.70. The number of likely N-dealkylation sites (tertiary alicyclic amines) is 1. The van der Waals surface area contributed by atoms with Crippen molar-refractivity contribution in [3.05, 3.63) is 29.0 Å². The largest absolute Gasteiger partial charge is 0.481 e. The van der Waals surface area contributed by atoms with Crippen LogP contribution in [0.2, 0.25) is 5.15 Å². The van der Waals surface area contributed by atoms with E-state index in [4.69, 9.17) is 16.7 Å². The lowest BCUT2D eigenvalue weighted by atomic mass is 9.97. The molecule has 5 nitrogen and oxygen atoms in total. The first-order valence-corrected chi connectivity index (χ1v) is 7.10. The summed E-state index contributed by atoms with van der Waals surface area (Å²) in [5, 5.41) is 9.08. The number of nitrogens with zero attached hydrogens (tertiary/aromatic N) is 2. The molecule has 0 aromatic carbocycles. The van der Waals surface area contributed by atoms with Crippen molar-refractivity contribution in [2.24, 2.45) is 0 Å². The number of carbonyl (C=O) groups excluding carboxylic acids is 1. The van der Waals surface area contributed by atoms with E-state index < -0.39 is 5.97 Å². The number of hydrogen-bond donors (Lipinski definition) is 1. The molecule has 1 aromatic rings.